The van der Waals surface area contributed by atoms with Crippen molar-refractivity contribution in [1.82, 2.24) is 10.3 Å². The van der Waals surface area contributed by atoms with E-state index in [1.807, 2.05) is 30.3 Å². The molecule has 1 aliphatic rings. The van der Waals surface area contributed by atoms with Crippen LogP contribution in [0.25, 0.3) is 0 Å². The molecule has 1 heterocycles. The predicted molar refractivity (Wildman–Crippen MR) is 116 cm³/mol. The average Bonchev–Trinajstić information content (AvgIpc) is 3.09. The van der Waals surface area contributed by atoms with Gasteiger partial charge in [-0.05, 0) is 43.5 Å². The highest BCUT2D eigenvalue weighted by Gasteiger charge is 2.31. The number of methoxy groups -OCH3 is 1. The minimum atomic E-state index is -0.385. The van der Waals surface area contributed by atoms with Gasteiger partial charge in [-0.25, -0.2) is 5.43 Å². The third kappa shape index (κ3) is 4.97. The van der Waals surface area contributed by atoms with Gasteiger partial charge in [0, 0.05) is 28.9 Å². The van der Waals surface area contributed by atoms with Crippen LogP contribution in [0.15, 0.2) is 50.4 Å². The first kappa shape index (κ1) is 21.3. The van der Waals surface area contributed by atoms with E-state index >= 15 is 0 Å². The number of halogens is 2. The Labute approximate surface area is 185 Å². The Morgan fingerprint density at radius 2 is 2.07 bits per heavy atom. The van der Waals surface area contributed by atoms with E-state index in [4.69, 9.17) is 4.74 Å². The van der Waals surface area contributed by atoms with Crippen molar-refractivity contribution >= 4 is 49.9 Å². The van der Waals surface area contributed by atoms with Crippen LogP contribution >= 0.6 is 31.9 Å². The molecular formula is C20H19Br2N3O4. The van der Waals surface area contributed by atoms with Crippen LogP contribution in [0, 0.1) is 0 Å². The molecule has 1 saturated heterocycles. The Bertz CT molecular complexity index is 950. The normalized spacial score (nSPS) is 16.4. The number of carbonyl (C=O) groups is 2. The first-order chi connectivity index (χ1) is 13.9. The van der Waals surface area contributed by atoms with E-state index in [1.165, 1.54) is 13.3 Å². The van der Waals surface area contributed by atoms with Crippen molar-refractivity contribution in [3.8, 4) is 11.5 Å². The minimum Gasteiger partial charge on any atom is -0.503 e. The maximum atomic E-state index is 12.2. The maximum absolute atomic E-state index is 12.2. The van der Waals surface area contributed by atoms with E-state index in [0.717, 1.165) is 5.56 Å². The Kier molecular flexibility index (Phi) is 6.92. The second-order valence-electron chi connectivity index (χ2n) is 6.52. The molecule has 1 fully saturated rings. The first-order valence-electron chi connectivity index (χ1n) is 8.80. The van der Waals surface area contributed by atoms with Gasteiger partial charge in [-0.1, -0.05) is 30.3 Å². The van der Waals surface area contributed by atoms with E-state index in [0.29, 0.717) is 27.5 Å². The van der Waals surface area contributed by atoms with Crippen molar-refractivity contribution in [2.24, 2.45) is 5.10 Å². The minimum absolute atomic E-state index is 0.0407. The summed E-state index contributed by atoms with van der Waals surface area (Å²) in [6.07, 6.45) is 1.82. The summed E-state index contributed by atoms with van der Waals surface area (Å²) in [5.41, 5.74) is 4.12. The van der Waals surface area contributed by atoms with Gasteiger partial charge in [-0.15, -0.1) is 0 Å². The number of nitrogens with one attached hydrogen (secondary N) is 1. The molecule has 9 heteroatoms. The number of rotatable bonds is 6. The molecule has 0 aliphatic carbocycles. The summed E-state index contributed by atoms with van der Waals surface area (Å²) in [6.45, 7) is 0.455. The number of benzene rings is 2. The van der Waals surface area contributed by atoms with Crippen molar-refractivity contribution < 1.29 is 19.4 Å². The van der Waals surface area contributed by atoms with Gasteiger partial charge in [-0.2, -0.15) is 5.10 Å². The van der Waals surface area contributed by atoms with Crippen LogP contribution in [0.3, 0.4) is 0 Å². The molecule has 1 unspecified atom stereocenters. The topological polar surface area (TPSA) is 91.2 Å². The van der Waals surface area contributed by atoms with E-state index < -0.39 is 0 Å². The lowest BCUT2D eigenvalue weighted by atomic mass is 9.99. The molecule has 0 saturated carbocycles. The zero-order valence-electron chi connectivity index (χ0n) is 15.6. The number of likely N-dealkylation sites (tertiary alicyclic amines) is 1. The van der Waals surface area contributed by atoms with Crippen molar-refractivity contribution in [3.63, 3.8) is 0 Å². The number of amides is 2. The van der Waals surface area contributed by atoms with Gasteiger partial charge in [0.1, 0.15) is 6.54 Å². The molecule has 29 heavy (non-hydrogen) atoms. The van der Waals surface area contributed by atoms with Crippen LogP contribution in [0.2, 0.25) is 0 Å². The fourth-order valence-electron chi connectivity index (χ4n) is 3.12. The zero-order chi connectivity index (χ0) is 21.0. The smallest absolute Gasteiger partial charge is 0.259 e. The third-order valence-corrected chi connectivity index (χ3v) is 6.77. The largest absolute Gasteiger partial charge is 0.503 e. The van der Waals surface area contributed by atoms with Gasteiger partial charge in [0.15, 0.2) is 11.5 Å². The van der Waals surface area contributed by atoms with Crippen LogP contribution in [-0.2, 0) is 9.59 Å². The number of hydrazone groups is 1. The number of carbonyl (C=O) groups excluding carboxylic acids is 2. The Morgan fingerprint density at radius 1 is 1.34 bits per heavy atom. The number of aromatic hydroxyl groups is 1. The van der Waals surface area contributed by atoms with Crippen molar-refractivity contribution in [2.45, 2.75) is 12.3 Å². The molecule has 152 valence electrons. The summed E-state index contributed by atoms with van der Waals surface area (Å²) in [7, 11) is 1.44. The third-order valence-electron chi connectivity index (χ3n) is 4.61. The summed E-state index contributed by atoms with van der Waals surface area (Å²) in [4.78, 5) is 26.0. The SMILES string of the molecule is COc1cc(/C=N/NC(=O)CN2CC(c3ccccc3)CC2=O)c(Br)c(Br)c1O. The van der Waals surface area contributed by atoms with Gasteiger partial charge >= 0.3 is 0 Å². The van der Waals surface area contributed by atoms with Crippen LogP contribution in [-0.4, -0.2) is 48.2 Å². The lowest BCUT2D eigenvalue weighted by molar-refractivity contribution is -0.133. The number of hydrogen-bond donors (Lipinski definition) is 2. The standard InChI is InChI=1S/C20H19Br2N3O4/c1-29-15-7-13(18(21)19(22)20(15)28)9-23-24-16(26)11-25-10-14(8-17(25)27)12-5-3-2-4-6-12/h2-7,9,14,28H,8,10-11H2,1H3,(H,24,26)/b23-9+. The molecule has 3 rings (SSSR count). The molecule has 7 nitrogen and oxygen atoms in total. The highest BCUT2D eigenvalue weighted by atomic mass is 79.9. The highest BCUT2D eigenvalue weighted by molar-refractivity contribution is 9.13. The highest BCUT2D eigenvalue weighted by Crippen LogP contribution is 2.41. The van der Waals surface area contributed by atoms with E-state index in [-0.39, 0.29) is 35.8 Å². The molecule has 1 aliphatic heterocycles. The number of hydrogen-bond acceptors (Lipinski definition) is 5. The molecule has 1 atom stereocenters. The molecule has 2 aromatic rings. The second kappa shape index (κ2) is 9.41. The second-order valence-corrected chi connectivity index (χ2v) is 8.11. The van der Waals surface area contributed by atoms with Gasteiger partial charge in [0.2, 0.25) is 5.91 Å². The molecular weight excluding hydrogens is 506 g/mol. The first-order valence-corrected chi connectivity index (χ1v) is 10.4. The zero-order valence-corrected chi connectivity index (χ0v) is 18.7. The lowest BCUT2D eigenvalue weighted by Crippen LogP contribution is -2.36. The van der Waals surface area contributed by atoms with Gasteiger partial charge < -0.3 is 14.7 Å². The fourth-order valence-corrected chi connectivity index (χ4v) is 3.95. The summed E-state index contributed by atoms with van der Waals surface area (Å²) in [5, 5.41) is 13.9. The van der Waals surface area contributed by atoms with Gasteiger partial charge in [-0.3, -0.25) is 9.59 Å². The molecule has 2 amide bonds. The molecule has 2 N–H and O–H groups in total. The number of phenolic OH excluding ortho intramolecular Hbond substituents is 1. The molecule has 0 bridgehead atoms. The number of phenols is 1. The van der Waals surface area contributed by atoms with Crippen molar-refractivity contribution in [1.29, 1.82) is 0 Å². The van der Waals surface area contributed by atoms with Crippen LogP contribution < -0.4 is 10.2 Å². The monoisotopic (exact) mass is 523 g/mol. The summed E-state index contributed by atoms with van der Waals surface area (Å²) in [5.74, 6) is -0.113. The number of nitrogens with zero attached hydrogens (tertiary/aromatic N) is 2. The quantitative estimate of drug-likeness (QED) is 0.447. The maximum Gasteiger partial charge on any atom is 0.259 e. The Balaban J connectivity index is 1.59. The summed E-state index contributed by atoms with van der Waals surface area (Å²) < 4.78 is 6.08. The van der Waals surface area contributed by atoms with Gasteiger partial charge in [0.05, 0.1) is 17.8 Å². The van der Waals surface area contributed by atoms with Crippen LogP contribution in [0.5, 0.6) is 11.5 Å². The van der Waals surface area contributed by atoms with E-state index in [1.54, 1.807) is 11.0 Å². The Hall–Kier alpha value is -2.39. The molecule has 0 spiro atoms. The van der Waals surface area contributed by atoms with E-state index in [2.05, 4.69) is 42.4 Å². The van der Waals surface area contributed by atoms with Crippen LogP contribution in [0.1, 0.15) is 23.5 Å². The number of ether oxygens (including phenoxy) is 1. The molecule has 2 aromatic carbocycles. The summed E-state index contributed by atoms with van der Waals surface area (Å²) in [6, 6.07) is 11.4. The Morgan fingerprint density at radius 3 is 2.76 bits per heavy atom. The molecule has 0 radical (unpaired) electrons. The fraction of sp³-hybridized carbons (Fsp3) is 0.250. The molecule has 0 aromatic heterocycles. The van der Waals surface area contributed by atoms with Gasteiger partial charge in [0.25, 0.3) is 5.91 Å². The van der Waals surface area contributed by atoms with Crippen molar-refractivity contribution in [2.75, 3.05) is 20.2 Å². The summed E-state index contributed by atoms with van der Waals surface area (Å²) >= 11 is 6.61. The average molecular weight is 525 g/mol. The lowest BCUT2D eigenvalue weighted by Gasteiger charge is -2.15. The van der Waals surface area contributed by atoms with Crippen molar-refractivity contribution in [3.05, 3.63) is 56.5 Å². The predicted octanol–water partition coefficient (Wildman–Crippen LogP) is 3.39. The van der Waals surface area contributed by atoms with E-state index in [9.17, 15) is 14.7 Å². The van der Waals surface area contributed by atoms with Crippen LogP contribution in [0.4, 0.5) is 0 Å².